The third kappa shape index (κ3) is 6.77. The van der Waals surface area contributed by atoms with Crippen molar-refractivity contribution in [2.24, 2.45) is 0 Å². The number of carbonyl (C=O) groups is 1. The number of anilines is 3. The summed E-state index contributed by atoms with van der Waals surface area (Å²) in [7, 11) is 1.61. The van der Waals surface area contributed by atoms with Crippen LogP contribution in [-0.2, 0) is 11.2 Å². The smallest absolute Gasteiger partial charge is 0.226 e. The lowest BCUT2D eigenvalue weighted by Crippen LogP contribution is -2.17. The number of hydrogen-bond acceptors (Lipinski definition) is 6. The van der Waals surface area contributed by atoms with Gasteiger partial charge in [0.15, 0.2) is 0 Å². The first kappa shape index (κ1) is 21.1. The molecule has 3 N–H and O–H groups in total. The van der Waals surface area contributed by atoms with Gasteiger partial charge in [-0.25, -0.2) is 4.98 Å². The van der Waals surface area contributed by atoms with Crippen LogP contribution in [0.25, 0.3) is 0 Å². The van der Waals surface area contributed by atoms with Crippen LogP contribution in [0, 0.1) is 6.92 Å². The van der Waals surface area contributed by atoms with Gasteiger partial charge in [0.2, 0.25) is 11.9 Å². The molecule has 2 aromatic carbocycles. The molecule has 0 spiro atoms. The van der Waals surface area contributed by atoms with E-state index in [0.29, 0.717) is 24.7 Å². The molecule has 0 radical (unpaired) electrons. The molecule has 3 rings (SSSR count). The highest BCUT2D eigenvalue weighted by Gasteiger charge is 2.05. The average molecular weight is 406 g/mol. The van der Waals surface area contributed by atoms with Crippen molar-refractivity contribution in [3.05, 3.63) is 71.9 Å². The van der Waals surface area contributed by atoms with E-state index in [-0.39, 0.29) is 5.91 Å². The Bertz CT molecular complexity index is 946. The summed E-state index contributed by atoms with van der Waals surface area (Å²) in [6.07, 6.45) is 1.22. The molecule has 7 heteroatoms. The Kier molecular flexibility index (Phi) is 7.60. The number of nitrogens with zero attached hydrogens (tertiary/aromatic N) is 2. The third-order valence-electron chi connectivity index (χ3n) is 4.43. The molecule has 3 aromatic rings. The third-order valence-corrected chi connectivity index (χ3v) is 4.43. The normalized spacial score (nSPS) is 10.3. The topological polar surface area (TPSA) is 88.2 Å². The second-order valence-corrected chi connectivity index (χ2v) is 6.83. The van der Waals surface area contributed by atoms with E-state index >= 15 is 0 Å². The molecule has 156 valence electrons. The van der Waals surface area contributed by atoms with Gasteiger partial charge < -0.3 is 20.7 Å². The molecular formula is C23H27N5O2. The lowest BCUT2D eigenvalue weighted by Gasteiger charge is -2.10. The van der Waals surface area contributed by atoms with E-state index in [4.69, 9.17) is 4.74 Å². The Morgan fingerprint density at radius 3 is 2.47 bits per heavy atom. The fourth-order valence-electron chi connectivity index (χ4n) is 2.90. The summed E-state index contributed by atoms with van der Waals surface area (Å²) in [5.41, 5.74) is 2.86. The molecule has 0 unspecified atom stereocenters. The van der Waals surface area contributed by atoms with Crippen molar-refractivity contribution in [3.63, 3.8) is 0 Å². The highest BCUT2D eigenvalue weighted by molar-refractivity contribution is 5.91. The minimum absolute atomic E-state index is 0.0698. The van der Waals surface area contributed by atoms with Gasteiger partial charge in [-0.15, -0.1) is 0 Å². The van der Waals surface area contributed by atoms with Crippen molar-refractivity contribution in [1.82, 2.24) is 9.97 Å². The van der Waals surface area contributed by atoms with Gasteiger partial charge in [-0.2, -0.15) is 4.98 Å². The van der Waals surface area contributed by atoms with Crippen molar-refractivity contribution in [2.75, 3.05) is 36.1 Å². The fourth-order valence-corrected chi connectivity index (χ4v) is 2.90. The van der Waals surface area contributed by atoms with Crippen molar-refractivity contribution in [2.45, 2.75) is 19.8 Å². The van der Waals surface area contributed by atoms with Gasteiger partial charge in [0.25, 0.3) is 0 Å². The molecule has 0 saturated carbocycles. The van der Waals surface area contributed by atoms with Crippen LogP contribution in [0.2, 0.25) is 0 Å². The van der Waals surface area contributed by atoms with E-state index in [1.165, 1.54) is 5.56 Å². The maximum atomic E-state index is 12.1. The number of rotatable bonds is 10. The second-order valence-electron chi connectivity index (χ2n) is 6.83. The number of methoxy groups -OCH3 is 1. The fraction of sp³-hybridized carbons (Fsp3) is 0.261. The van der Waals surface area contributed by atoms with Crippen molar-refractivity contribution in [3.8, 4) is 5.75 Å². The van der Waals surface area contributed by atoms with E-state index in [1.807, 2.05) is 55.5 Å². The summed E-state index contributed by atoms with van der Waals surface area (Å²) >= 11 is 0. The quantitative estimate of drug-likeness (QED) is 0.474. The van der Waals surface area contributed by atoms with Gasteiger partial charge in [0.05, 0.1) is 7.11 Å². The molecule has 0 bridgehead atoms. The first-order valence-corrected chi connectivity index (χ1v) is 9.93. The molecule has 1 heterocycles. The van der Waals surface area contributed by atoms with Crippen LogP contribution >= 0.6 is 0 Å². The summed E-state index contributed by atoms with van der Waals surface area (Å²) in [5, 5.41) is 9.33. The lowest BCUT2D eigenvalue weighted by atomic mass is 10.1. The monoisotopic (exact) mass is 405 g/mol. The van der Waals surface area contributed by atoms with Gasteiger partial charge in [0.1, 0.15) is 11.6 Å². The standard InChI is InChI=1S/C23H27N5O2/c1-17-16-21(28-23(26-17)25-14-12-18-6-4-3-5-7-18)24-15-13-22(29)27-19-8-10-20(30-2)11-9-19/h3-11,16H,12-15H2,1-2H3,(H,27,29)(H2,24,25,26,28). The van der Waals surface area contributed by atoms with E-state index in [0.717, 1.165) is 30.1 Å². The Balaban J connectivity index is 1.44. The second kappa shape index (κ2) is 10.8. The predicted octanol–water partition coefficient (Wildman–Crippen LogP) is 3.89. The number of benzene rings is 2. The van der Waals surface area contributed by atoms with Crippen LogP contribution in [0.1, 0.15) is 17.7 Å². The summed E-state index contributed by atoms with van der Waals surface area (Å²) < 4.78 is 5.11. The molecule has 0 aliphatic carbocycles. The first-order chi connectivity index (χ1) is 14.6. The number of aromatic nitrogens is 2. The van der Waals surface area contributed by atoms with Crippen LogP contribution in [0.15, 0.2) is 60.7 Å². The van der Waals surface area contributed by atoms with Gasteiger partial charge in [-0.1, -0.05) is 30.3 Å². The number of ether oxygens (including phenoxy) is 1. The first-order valence-electron chi connectivity index (χ1n) is 9.93. The summed E-state index contributed by atoms with van der Waals surface area (Å²) in [6.45, 7) is 3.14. The zero-order chi connectivity index (χ0) is 21.2. The maximum absolute atomic E-state index is 12.1. The molecule has 1 amide bonds. The van der Waals surface area contributed by atoms with Gasteiger partial charge >= 0.3 is 0 Å². The maximum Gasteiger partial charge on any atom is 0.226 e. The number of amides is 1. The Labute approximate surface area is 176 Å². The van der Waals surface area contributed by atoms with Gasteiger partial charge in [0, 0.05) is 37.0 Å². The van der Waals surface area contributed by atoms with Crippen molar-refractivity contribution < 1.29 is 9.53 Å². The van der Waals surface area contributed by atoms with Gasteiger partial charge in [-0.3, -0.25) is 4.79 Å². The summed E-state index contributed by atoms with van der Waals surface area (Å²) in [6, 6.07) is 19.4. The lowest BCUT2D eigenvalue weighted by molar-refractivity contribution is -0.115. The molecule has 7 nitrogen and oxygen atoms in total. The molecule has 30 heavy (non-hydrogen) atoms. The molecule has 0 atom stereocenters. The predicted molar refractivity (Wildman–Crippen MR) is 120 cm³/mol. The molecule has 1 aromatic heterocycles. The molecule has 0 saturated heterocycles. The molecule has 0 aliphatic heterocycles. The SMILES string of the molecule is COc1ccc(NC(=O)CCNc2cc(C)nc(NCCc3ccccc3)n2)cc1. The van der Waals surface area contributed by atoms with E-state index in [1.54, 1.807) is 7.11 Å². The number of aryl methyl sites for hydroxylation is 1. The summed E-state index contributed by atoms with van der Waals surface area (Å²) in [5.74, 6) is 1.96. The number of carbonyl (C=O) groups excluding carboxylic acids is 1. The molecular weight excluding hydrogens is 378 g/mol. The van der Waals surface area contributed by atoms with Crippen LogP contribution in [0.4, 0.5) is 17.5 Å². The highest BCUT2D eigenvalue weighted by Crippen LogP contribution is 2.15. The van der Waals surface area contributed by atoms with Crippen LogP contribution in [0.3, 0.4) is 0 Å². The highest BCUT2D eigenvalue weighted by atomic mass is 16.5. The average Bonchev–Trinajstić information content (AvgIpc) is 2.75. The number of hydrogen-bond donors (Lipinski definition) is 3. The van der Waals surface area contributed by atoms with Crippen LogP contribution in [0.5, 0.6) is 5.75 Å². The van der Waals surface area contributed by atoms with Crippen molar-refractivity contribution in [1.29, 1.82) is 0 Å². The zero-order valence-electron chi connectivity index (χ0n) is 17.3. The Hall–Kier alpha value is -3.61. The zero-order valence-corrected chi connectivity index (χ0v) is 17.3. The van der Waals surface area contributed by atoms with Crippen molar-refractivity contribution >= 4 is 23.4 Å². The van der Waals surface area contributed by atoms with Crippen LogP contribution in [-0.4, -0.2) is 36.1 Å². The van der Waals surface area contributed by atoms with Gasteiger partial charge in [-0.05, 0) is 43.2 Å². The molecule has 0 aliphatic rings. The van der Waals surface area contributed by atoms with E-state index in [9.17, 15) is 4.79 Å². The van der Waals surface area contributed by atoms with Crippen LogP contribution < -0.4 is 20.7 Å². The van der Waals surface area contributed by atoms with E-state index in [2.05, 4.69) is 38.1 Å². The van der Waals surface area contributed by atoms with E-state index < -0.39 is 0 Å². The minimum atomic E-state index is -0.0698. The Morgan fingerprint density at radius 2 is 1.73 bits per heavy atom. The number of nitrogens with one attached hydrogen (secondary N) is 3. The largest absolute Gasteiger partial charge is 0.497 e. The molecule has 0 fully saturated rings. The minimum Gasteiger partial charge on any atom is -0.497 e. The Morgan fingerprint density at radius 1 is 0.967 bits per heavy atom. The summed E-state index contributed by atoms with van der Waals surface area (Å²) in [4.78, 5) is 21.1.